The van der Waals surface area contributed by atoms with Gasteiger partial charge in [0, 0.05) is 23.7 Å². The lowest BCUT2D eigenvalue weighted by Gasteiger charge is -2.33. The molecule has 0 aliphatic heterocycles. The van der Waals surface area contributed by atoms with Crippen LogP contribution in [0.2, 0.25) is 0 Å². The first-order valence-electron chi connectivity index (χ1n) is 6.90. The molecule has 0 aliphatic rings. The fraction of sp³-hybridized carbons (Fsp3) is 0.533. The van der Waals surface area contributed by atoms with Crippen LogP contribution in [-0.2, 0) is 4.79 Å². The van der Waals surface area contributed by atoms with Crippen molar-refractivity contribution in [2.24, 2.45) is 5.41 Å². The summed E-state index contributed by atoms with van der Waals surface area (Å²) in [5.41, 5.74) is -0.568. The van der Waals surface area contributed by atoms with Crippen molar-refractivity contribution in [3.8, 4) is 0 Å². The van der Waals surface area contributed by atoms with Crippen LogP contribution in [0.5, 0.6) is 0 Å². The number of amides is 1. The van der Waals surface area contributed by atoms with Crippen molar-refractivity contribution >= 4 is 11.6 Å². The van der Waals surface area contributed by atoms with Crippen molar-refractivity contribution in [2.45, 2.75) is 19.9 Å². The number of carbonyl (C=O) groups is 1. The Morgan fingerprint density at radius 1 is 1.32 bits per heavy atom. The predicted octanol–water partition coefficient (Wildman–Crippen LogP) is 1.21. The Balaban J connectivity index is 2.69. The van der Waals surface area contributed by atoms with Gasteiger partial charge in [-0.1, -0.05) is 6.92 Å². The van der Waals surface area contributed by atoms with Crippen molar-refractivity contribution < 1.29 is 23.8 Å². The number of halogens is 2. The van der Waals surface area contributed by atoms with Crippen LogP contribution >= 0.6 is 0 Å². The quantitative estimate of drug-likeness (QED) is 0.707. The van der Waals surface area contributed by atoms with Crippen LogP contribution in [0.15, 0.2) is 18.2 Å². The summed E-state index contributed by atoms with van der Waals surface area (Å²) in [6.45, 7) is 3.21. The molecule has 3 N–H and O–H groups in total. The summed E-state index contributed by atoms with van der Waals surface area (Å²) in [5, 5.41) is 21.1. The van der Waals surface area contributed by atoms with Crippen molar-refractivity contribution in [1.29, 1.82) is 0 Å². The van der Waals surface area contributed by atoms with Gasteiger partial charge in [0.2, 0.25) is 5.91 Å². The number of aliphatic hydroxyl groups is 2. The first kappa shape index (κ1) is 18.5. The number of aliphatic hydroxyl groups excluding tert-OH is 2. The van der Waals surface area contributed by atoms with Gasteiger partial charge in [-0.2, -0.15) is 0 Å². The van der Waals surface area contributed by atoms with Gasteiger partial charge in [0.1, 0.15) is 0 Å². The van der Waals surface area contributed by atoms with Crippen molar-refractivity contribution in [3.63, 3.8) is 0 Å². The largest absolute Gasteiger partial charge is 0.396 e. The Labute approximate surface area is 128 Å². The molecule has 0 heterocycles. The predicted molar refractivity (Wildman–Crippen MR) is 79.4 cm³/mol. The second-order valence-electron chi connectivity index (χ2n) is 5.84. The van der Waals surface area contributed by atoms with E-state index in [1.165, 1.54) is 6.07 Å². The van der Waals surface area contributed by atoms with E-state index in [2.05, 4.69) is 5.32 Å². The molecule has 0 aromatic heterocycles. The van der Waals surface area contributed by atoms with Gasteiger partial charge in [-0.05, 0) is 26.1 Å². The molecule has 5 nitrogen and oxygen atoms in total. The molecule has 1 atom stereocenters. The van der Waals surface area contributed by atoms with Crippen molar-refractivity contribution in [2.75, 3.05) is 32.1 Å². The third-order valence-corrected chi connectivity index (χ3v) is 3.62. The van der Waals surface area contributed by atoms with Gasteiger partial charge in [-0.25, -0.2) is 8.78 Å². The highest BCUT2D eigenvalue weighted by atomic mass is 19.2. The Bertz CT molecular complexity index is 522. The van der Waals surface area contributed by atoms with Gasteiger partial charge in [0.15, 0.2) is 11.6 Å². The molecule has 1 amide bonds. The summed E-state index contributed by atoms with van der Waals surface area (Å²) >= 11 is 0. The average Bonchev–Trinajstić information content (AvgIpc) is 2.49. The fourth-order valence-electron chi connectivity index (χ4n) is 1.91. The van der Waals surface area contributed by atoms with E-state index in [1.54, 1.807) is 25.8 Å². The Morgan fingerprint density at radius 3 is 2.41 bits per heavy atom. The van der Waals surface area contributed by atoms with E-state index in [-0.39, 0.29) is 18.9 Å². The van der Waals surface area contributed by atoms with Crippen LogP contribution in [0.1, 0.15) is 13.8 Å². The molecular formula is C15H22F2N2O3. The lowest BCUT2D eigenvalue weighted by atomic mass is 9.92. The summed E-state index contributed by atoms with van der Waals surface area (Å²) in [6, 6.07) is 2.54. The normalized spacial score (nSPS) is 13.3. The molecule has 0 saturated heterocycles. The number of anilines is 1. The molecule has 7 heteroatoms. The van der Waals surface area contributed by atoms with Gasteiger partial charge >= 0.3 is 0 Å². The highest BCUT2D eigenvalue weighted by molar-refractivity contribution is 5.94. The number of rotatable bonds is 7. The number of hydrogen-bond acceptors (Lipinski definition) is 4. The monoisotopic (exact) mass is 316 g/mol. The molecule has 0 radical (unpaired) electrons. The van der Waals surface area contributed by atoms with Crippen molar-refractivity contribution in [1.82, 2.24) is 4.90 Å². The molecule has 0 saturated carbocycles. The third kappa shape index (κ3) is 4.72. The zero-order valence-electron chi connectivity index (χ0n) is 12.9. The maximum Gasteiger partial charge on any atom is 0.241 e. The van der Waals surface area contributed by atoms with Gasteiger partial charge < -0.3 is 15.5 Å². The number of nitrogens with zero attached hydrogens (tertiary/aromatic N) is 1. The van der Waals surface area contributed by atoms with E-state index in [9.17, 15) is 23.8 Å². The van der Waals surface area contributed by atoms with Crippen LogP contribution in [0, 0.1) is 17.0 Å². The molecule has 1 aromatic rings. The summed E-state index contributed by atoms with van der Waals surface area (Å²) in [7, 11) is 1.68. The number of benzene rings is 1. The molecule has 0 fully saturated rings. The minimum absolute atomic E-state index is 0.163. The molecule has 0 bridgehead atoms. The van der Waals surface area contributed by atoms with E-state index in [0.29, 0.717) is 6.54 Å². The van der Waals surface area contributed by atoms with E-state index in [1.807, 2.05) is 0 Å². The van der Waals surface area contributed by atoms with Crippen LogP contribution in [-0.4, -0.2) is 53.9 Å². The smallest absolute Gasteiger partial charge is 0.241 e. The molecule has 124 valence electrons. The third-order valence-electron chi connectivity index (χ3n) is 3.62. The number of carbonyl (C=O) groups excluding carboxylic acids is 1. The van der Waals surface area contributed by atoms with E-state index < -0.39 is 29.0 Å². The van der Waals surface area contributed by atoms with E-state index in [4.69, 9.17) is 0 Å². The van der Waals surface area contributed by atoms with Crippen LogP contribution in [0.25, 0.3) is 0 Å². The van der Waals surface area contributed by atoms with Crippen LogP contribution in [0.3, 0.4) is 0 Å². The first-order valence-corrected chi connectivity index (χ1v) is 6.90. The molecular weight excluding hydrogens is 294 g/mol. The SMILES string of the molecule is CC(C(=O)Nc1ccc(F)c(F)c1)N(C)CC(C)(CO)CO. The second-order valence-corrected chi connectivity index (χ2v) is 5.84. The van der Waals surface area contributed by atoms with Crippen LogP contribution in [0.4, 0.5) is 14.5 Å². The van der Waals surface area contributed by atoms with E-state index >= 15 is 0 Å². The minimum atomic E-state index is -1.04. The molecule has 1 unspecified atom stereocenters. The maximum atomic E-state index is 13.1. The molecule has 0 spiro atoms. The molecule has 1 rings (SSSR count). The fourth-order valence-corrected chi connectivity index (χ4v) is 1.91. The second kappa shape index (κ2) is 7.62. The summed E-state index contributed by atoms with van der Waals surface area (Å²) in [5.74, 6) is -2.41. The number of hydrogen-bond donors (Lipinski definition) is 3. The zero-order chi connectivity index (χ0) is 16.9. The van der Waals surface area contributed by atoms with E-state index in [0.717, 1.165) is 12.1 Å². The summed E-state index contributed by atoms with van der Waals surface area (Å²) < 4.78 is 26.0. The zero-order valence-corrected chi connectivity index (χ0v) is 12.9. The van der Waals surface area contributed by atoms with Crippen LogP contribution < -0.4 is 5.32 Å². The molecule has 1 aromatic carbocycles. The average molecular weight is 316 g/mol. The van der Waals surface area contributed by atoms with Gasteiger partial charge in [-0.15, -0.1) is 0 Å². The van der Waals surface area contributed by atoms with Crippen molar-refractivity contribution in [3.05, 3.63) is 29.8 Å². The highest BCUT2D eigenvalue weighted by Gasteiger charge is 2.28. The standard InChI is InChI=1S/C15H22F2N2O3/c1-10(19(3)7-15(2,8-20)9-21)14(22)18-11-4-5-12(16)13(17)6-11/h4-6,10,20-21H,7-9H2,1-3H3,(H,18,22). The molecule has 0 aliphatic carbocycles. The lowest BCUT2D eigenvalue weighted by molar-refractivity contribution is -0.121. The number of likely N-dealkylation sites (N-methyl/N-ethyl adjacent to an activating group) is 1. The van der Waals surface area contributed by atoms with Gasteiger partial charge in [0.25, 0.3) is 0 Å². The Hall–Kier alpha value is -1.57. The Kier molecular flexibility index (Phi) is 6.40. The number of nitrogens with one attached hydrogen (secondary N) is 1. The first-order chi connectivity index (χ1) is 10.2. The lowest BCUT2D eigenvalue weighted by Crippen LogP contribution is -2.46. The highest BCUT2D eigenvalue weighted by Crippen LogP contribution is 2.18. The van der Waals surface area contributed by atoms with Gasteiger partial charge in [0.05, 0.1) is 19.3 Å². The summed E-state index contributed by atoms with van der Waals surface area (Å²) in [4.78, 5) is 13.8. The Morgan fingerprint density at radius 2 is 1.91 bits per heavy atom. The topological polar surface area (TPSA) is 72.8 Å². The minimum Gasteiger partial charge on any atom is -0.396 e. The summed E-state index contributed by atoms with van der Waals surface area (Å²) in [6.07, 6.45) is 0. The molecule has 22 heavy (non-hydrogen) atoms. The van der Waals surface area contributed by atoms with Gasteiger partial charge in [-0.3, -0.25) is 9.69 Å². The maximum absolute atomic E-state index is 13.1.